The highest BCUT2D eigenvalue weighted by Crippen LogP contribution is 2.29. The zero-order chi connectivity index (χ0) is 19.8. The highest BCUT2D eigenvalue weighted by Gasteiger charge is 2.11. The molecule has 3 rings (SSSR count). The second-order valence-electron chi connectivity index (χ2n) is 5.76. The highest BCUT2D eigenvalue weighted by atomic mass is 16.6. The Balaban J connectivity index is 1.61. The number of amides is 1. The summed E-state index contributed by atoms with van der Waals surface area (Å²) in [5, 5.41) is 14.7. The Labute approximate surface area is 161 Å². The molecule has 7 nitrogen and oxygen atoms in total. The van der Waals surface area contributed by atoms with Gasteiger partial charge in [-0.05, 0) is 17.7 Å². The second-order valence-corrected chi connectivity index (χ2v) is 5.76. The Kier molecular flexibility index (Phi) is 6.10. The van der Waals surface area contributed by atoms with Gasteiger partial charge < -0.3 is 4.74 Å². The maximum Gasteiger partial charge on any atom is 0.278 e. The van der Waals surface area contributed by atoms with Gasteiger partial charge in [-0.2, -0.15) is 5.10 Å². The SMILES string of the molecule is O=C(COc1ccccc1-c1ccccc1)N/N=C\c1ccccc1[N+](=O)[O-]. The van der Waals surface area contributed by atoms with Gasteiger partial charge >= 0.3 is 0 Å². The van der Waals surface area contributed by atoms with E-state index < -0.39 is 10.8 Å². The standard InChI is InChI=1S/C21H17N3O4/c25-21(23-22-14-17-10-4-6-12-19(17)24(26)27)15-28-20-13-7-5-11-18(20)16-8-2-1-3-9-16/h1-14H,15H2,(H,23,25)/b22-14-. The van der Waals surface area contributed by atoms with Crippen molar-refractivity contribution >= 4 is 17.8 Å². The predicted octanol–water partition coefficient (Wildman–Crippen LogP) is 3.79. The van der Waals surface area contributed by atoms with Crippen LogP contribution in [-0.4, -0.2) is 23.7 Å². The molecule has 0 radical (unpaired) electrons. The van der Waals surface area contributed by atoms with Crippen LogP contribution in [0.1, 0.15) is 5.56 Å². The van der Waals surface area contributed by atoms with E-state index in [1.807, 2.05) is 48.5 Å². The lowest BCUT2D eigenvalue weighted by molar-refractivity contribution is -0.385. The van der Waals surface area contributed by atoms with Crippen LogP contribution in [0.5, 0.6) is 5.75 Å². The van der Waals surface area contributed by atoms with Crippen LogP contribution in [0.3, 0.4) is 0 Å². The zero-order valence-corrected chi connectivity index (χ0v) is 14.8. The molecule has 1 N–H and O–H groups in total. The molecule has 0 aliphatic rings. The number of hydrazone groups is 1. The van der Waals surface area contributed by atoms with Gasteiger partial charge in [-0.3, -0.25) is 14.9 Å². The predicted molar refractivity (Wildman–Crippen MR) is 106 cm³/mol. The fourth-order valence-electron chi connectivity index (χ4n) is 2.56. The van der Waals surface area contributed by atoms with E-state index in [1.54, 1.807) is 24.3 Å². The van der Waals surface area contributed by atoms with E-state index in [9.17, 15) is 14.9 Å². The third kappa shape index (κ3) is 4.79. The number of carbonyl (C=O) groups is 1. The van der Waals surface area contributed by atoms with Gasteiger partial charge in [0.15, 0.2) is 6.61 Å². The number of hydrogen-bond acceptors (Lipinski definition) is 5. The molecule has 0 saturated heterocycles. The molecule has 0 heterocycles. The molecule has 28 heavy (non-hydrogen) atoms. The summed E-state index contributed by atoms with van der Waals surface area (Å²) in [4.78, 5) is 22.4. The summed E-state index contributed by atoms with van der Waals surface area (Å²) in [6.45, 7) is -0.238. The molecule has 0 spiro atoms. The average molecular weight is 375 g/mol. The number of hydrogen-bond donors (Lipinski definition) is 1. The van der Waals surface area contributed by atoms with E-state index in [1.165, 1.54) is 12.3 Å². The van der Waals surface area contributed by atoms with E-state index in [-0.39, 0.29) is 12.3 Å². The Morgan fingerprint density at radius 1 is 1.00 bits per heavy atom. The number of nitro benzene ring substituents is 1. The molecule has 7 heteroatoms. The first kappa shape index (κ1) is 18.8. The molecular weight excluding hydrogens is 358 g/mol. The van der Waals surface area contributed by atoms with Crippen molar-refractivity contribution in [2.75, 3.05) is 6.61 Å². The summed E-state index contributed by atoms with van der Waals surface area (Å²) in [6.07, 6.45) is 1.23. The number of benzene rings is 3. The monoisotopic (exact) mass is 375 g/mol. The minimum absolute atomic E-state index is 0.0893. The molecule has 0 aromatic heterocycles. The molecule has 3 aromatic rings. The van der Waals surface area contributed by atoms with Crippen molar-refractivity contribution < 1.29 is 14.5 Å². The highest BCUT2D eigenvalue weighted by molar-refractivity contribution is 5.86. The number of nitrogens with one attached hydrogen (secondary N) is 1. The van der Waals surface area contributed by atoms with Gasteiger partial charge in [0.05, 0.1) is 16.7 Å². The number of ether oxygens (including phenoxy) is 1. The lowest BCUT2D eigenvalue weighted by atomic mass is 10.1. The maximum absolute atomic E-state index is 12.0. The summed E-state index contributed by atoms with van der Waals surface area (Å²) in [7, 11) is 0. The Bertz CT molecular complexity index is 1000. The van der Waals surface area contributed by atoms with Crippen LogP contribution in [-0.2, 0) is 4.79 Å². The maximum atomic E-state index is 12.0. The molecule has 0 aliphatic carbocycles. The summed E-state index contributed by atoms with van der Waals surface area (Å²) >= 11 is 0. The van der Waals surface area contributed by atoms with E-state index in [2.05, 4.69) is 10.5 Å². The zero-order valence-electron chi connectivity index (χ0n) is 14.8. The minimum Gasteiger partial charge on any atom is -0.483 e. The molecule has 0 bridgehead atoms. The van der Waals surface area contributed by atoms with Crippen LogP contribution in [0.15, 0.2) is 84.0 Å². The first-order chi connectivity index (χ1) is 13.6. The van der Waals surface area contributed by atoms with Crippen molar-refractivity contribution in [3.8, 4) is 16.9 Å². The number of carbonyl (C=O) groups excluding carboxylic acids is 1. The van der Waals surface area contributed by atoms with Gasteiger partial charge in [-0.1, -0.05) is 60.7 Å². The van der Waals surface area contributed by atoms with E-state index >= 15 is 0 Å². The van der Waals surface area contributed by atoms with Crippen molar-refractivity contribution in [3.63, 3.8) is 0 Å². The largest absolute Gasteiger partial charge is 0.483 e. The third-order valence-electron chi connectivity index (χ3n) is 3.86. The summed E-state index contributed by atoms with van der Waals surface area (Å²) in [5.74, 6) is 0.101. The normalized spacial score (nSPS) is 10.6. The Morgan fingerprint density at radius 2 is 1.68 bits per heavy atom. The molecule has 3 aromatic carbocycles. The van der Waals surface area contributed by atoms with Crippen LogP contribution in [0.2, 0.25) is 0 Å². The van der Waals surface area contributed by atoms with Crippen molar-refractivity contribution in [2.24, 2.45) is 5.10 Å². The summed E-state index contributed by atoms with van der Waals surface area (Å²) < 4.78 is 5.62. The Hall–Kier alpha value is -4.00. The topological polar surface area (TPSA) is 93.8 Å². The van der Waals surface area contributed by atoms with Crippen LogP contribution < -0.4 is 10.2 Å². The van der Waals surface area contributed by atoms with Crippen LogP contribution in [0.25, 0.3) is 11.1 Å². The fourth-order valence-corrected chi connectivity index (χ4v) is 2.56. The summed E-state index contributed by atoms with van der Waals surface area (Å²) in [6, 6.07) is 23.2. The van der Waals surface area contributed by atoms with Gasteiger partial charge in [0.1, 0.15) is 5.75 Å². The van der Waals surface area contributed by atoms with Crippen molar-refractivity contribution in [1.82, 2.24) is 5.43 Å². The molecule has 140 valence electrons. The van der Waals surface area contributed by atoms with Crippen LogP contribution in [0.4, 0.5) is 5.69 Å². The van der Waals surface area contributed by atoms with E-state index in [4.69, 9.17) is 4.74 Å². The lowest BCUT2D eigenvalue weighted by Crippen LogP contribution is -2.24. The molecule has 1 amide bonds. The van der Waals surface area contributed by atoms with Gasteiger partial charge in [0.2, 0.25) is 0 Å². The first-order valence-electron chi connectivity index (χ1n) is 8.48. The van der Waals surface area contributed by atoms with E-state index in [0.29, 0.717) is 11.3 Å². The molecule has 0 aliphatic heterocycles. The molecule has 0 saturated carbocycles. The number of para-hydroxylation sites is 2. The molecule has 0 atom stereocenters. The molecule has 0 unspecified atom stereocenters. The molecule has 0 fully saturated rings. The number of rotatable bonds is 7. The summed E-state index contributed by atoms with van der Waals surface area (Å²) in [5.41, 5.74) is 4.37. The van der Waals surface area contributed by atoms with Crippen molar-refractivity contribution in [3.05, 3.63) is 94.5 Å². The quantitative estimate of drug-likeness (QED) is 0.386. The van der Waals surface area contributed by atoms with Gasteiger partial charge in [-0.15, -0.1) is 0 Å². The van der Waals surface area contributed by atoms with Gasteiger partial charge in [-0.25, -0.2) is 5.43 Å². The Morgan fingerprint density at radius 3 is 2.46 bits per heavy atom. The number of nitro groups is 1. The second kappa shape index (κ2) is 9.09. The fraction of sp³-hybridized carbons (Fsp3) is 0.0476. The average Bonchev–Trinajstić information content (AvgIpc) is 2.73. The first-order valence-corrected chi connectivity index (χ1v) is 8.48. The smallest absolute Gasteiger partial charge is 0.278 e. The van der Waals surface area contributed by atoms with Crippen molar-refractivity contribution in [2.45, 2.75) is 0 Å². The van der Waals surface area contributed by atoms with Gasteiger partial charge in [0, 0.05) is 11.6 Å². The van der Waals surface area contributed by atoms with E-state index in [0.717, 1.165) is 11.1 Å². The molecular formula is C21H17N3O4. The van der Waals surface area contributed by atoms with Crippen molar-refractivity contribution in [1.29, 1.82) is 0 Å². The third-order valence-corrected chi connectivity index (χ3v) is 3.86. The van der Waals surface area contributed by atoms with Gasteiger partial charge in [0.25, 0.3) is 11.6 Å². The minimum atomic E-state index is -0.507. The van der Waals surface area contributed by atoms with Crippen LogP contribution >= 0.6 is 0 Å². The lowest BCUT2D eigenvalue weighted by Gasteiger charge is -2.10. The van der Waals surface area contributed by atoms with Crippen LogP contribution in [0, 0.1) is 10.1 Å². The number of nitrogens with zero attached hydrogens (tertiary/aromatic N) is 2.